The Morgan fingerprint density at radius 2 is 1.49 bits per heavy atom. The van der Waals surface area contributed by atoms with E-state index in [-0.39, 0.29) is 32.5 Å². The van der Waals surface area contributed by atoms with Gasteiger partial charge in [0.05, 0.1) is 16.0 Å². The zero-order valence-electron chi connectivity index (χ0n) is 21.2. The van der Waals surface area contributed by atoms with E-state index in [9.17, 15) is 22.8 Å². The summed E-state index contributed by atoms with van der Waals surface area (Å²) in [5, 5.41) is 0.547. The van der Waals surface area contributed by atoms with Gasteiger partial charge in [-0.25, -0.2) is 14.0 Å². The Labute approximate surface area is 226 Å². The fourth-order valence-corrected chi connectivity index (χ4v) is 5.33. The molecule has 0 amide bonds. The first kappa shape index (κ1) is 28.0. The van der Waals surface area contributed by atoms with Gasteiger partial charge >= 0.3 is 18.1 Å². The summed E-state index contributed by atoms with van der Waals surface area (Å²) in [5.41, 5.74) is 0.927. The summed E-state index contributed by atoms with van der Waals surface area (Å²) in [6, 6.07) is 12.7. The van der Waals surface area contributed by atoms with Gasteiger partial charge in [0.25, 0.3) is 0 Å². The Balaban J connectivity index is 1.66. The largest absolute Gasteiger partial charge is 0.462 e. The molecule has 39 heavy (non-hydrogen) atoms. The van der Waals surface area contributed by atoms with Crippen LogP contribution in [-0.2, 0) is 26.9 Å². The van der Waals surface area contributed by atoms with Crippen LogP contribution in [0, 0.1) is 5.82 Å². The van der Waals surface area contributed by atoms with Crippen molar-refractivity contribution in [2.24, 2.45) is 0 Å². The molecule has 4 rings (SSSR count). The molecule has 0 saturated carbocycles. The Morgan fingerprint density at radius 1 is 0.872 bits per heavy atom. The number of benzene rings is 3. The number of hydrogen-bond acceptors (Lipinski definition) is 5. The molecule has 0 bridgehead atoms. The van der Waals surface area contributed by atoms with Gasteiger partial charge in [-0.3, -0.25) is 0 Å². The van der Waals surface area contributed by atoms with Gasteiger partial charge in [0.2, 0.25) is 0 Å². The summed E-state index contributed by atoms with van der Waals surface area (Å²) in [4.78, 5) is 23.4. The number of hydrogen-bond donors (Lipinski definition) is 0. The number of aryl methyl sites for hydroxylation is 1. The van der Waals surface area contributed by atoms with Crippen molar-refractivity contribution in [1.82, 2.24) is 0 Å². The number of carbonyl (C=O) groups is 2. The number of carbonyl (C=O) groups excluding carboxylic acids is 2. The Morgan fingerprint density at radius 3 is 2.10 bits per heavy atom. The van der Waals surface area contributed by atoms with Gasteiger partial charge < -0.3 is 9.47 Å². The van der Waals surface area contributed by atoms with Crippen LogP contribution in [0.15, 0.2) is 72.8 Å². The maximum Gasteiger partial charge on any atom is 0.421 e. The minimum atomic E-state index is -4.84. The average Bonchev–Trinajstić information content (AvgIpc) is 3.25. The normalized spacial score (nSPS) is 11.5. The lowest BCUT2D eigenvalue weighted by atomic mass is 10.00. The van der Waals surface area contributed by atoms with E-state index in [4.69, 9.17) is 9.47 Å². The molecule has 0 radical (unpaired) electrons. The third-order valence-corrected chi connectivity index (χ3v) is 7.23. The molecule has 0 aliphatic rings. The van der Waals surface area contributed by atoms with E-state index >= 15 is 4.39 Å². The number of fused-ring (bicyclic) bond motifs is 3. The van der Waals surface area contributed by atoms with E-state index in [1.165, 1.54) is 19.1 Å². The molecule has 4 nitrogen and oxygen atoms in total. The van der Waals surface area contributed by atoms with Crippen LogP contribution in [-0.4, -0.2) is 18.5 Å². The molecule has 3 aromatic carbocycles. The van der Waals surface area contributed by atoms with Crippen LogP contribution in [0.3, 0.4) is 0 Å². The molecule has 1 heterocycles. The van der Waals surface area contributed by atoms with Gasteiger partial charge in [0, 0.05) is 27.5 Å². The highest BCUT2D eigenvalue weighted by atomic mass is 32.1. The summed E-state index contributed by atoms with van der Waals surface area (Å²) in [6.07, 6.45) is -3.60. The summed E-state index contributed by atoms with van der Waals surface area (Å²) < 4.78 is 67.9. The zero-order valence-corrected chi connectivity index (χ0v) is 22.0. The summed E-state index contributed by atoms with van der Waals surface area (Å²) in [7, 11) is 0. The molecule has 0 N–H and O–H groups in total. The molecule has 0 aliphatic heterocycles. The molecular formula is C30H24F4O4S. The lowest BCUT2D eigenvalue weighted by Crippen LogP contribution is -2.14. The highest BCUT2D eigenvalue weighted by Gasteiger charge is 2.38. The van der Waals surface area contributed by atoms with E-state index in [0.29, 0.717) is 40.7 Å². The molecule has 0 saturated heterocycles. The Kier molecular flexibility index (Phi) is 7.92. The van der Waals surface area contributed by atoms with Crippen LogP contribution in [0.4, 0.5) is 17.6 Å². The van der Waals surface area contributed by atoms with Crippen molar-refractivity contribution in [2.75, 3.05) is 6.61 Å². The van der Waals surface area contributed by atoms with Crippen molar-refractivity contribution in [3.05, 3.63) is 89.8 Å². The van der Waals surface area contributed by atoms with Crippen molar-refractivity contribution in [2.45, 2.75) is 32.9 Å². The first-order valence-corrected chi connectivity index (χ1v) is 12.7. The van der Waals surface area contributed by atoms with E-state index in [1.54, 1.807) is 25.1 Å². The SMILES string of the molecule is C=C(C)C(=O)OCCCc1ccc(-c2ccc3c(sc4c(C(F)(F)F)c(OC(=O)C(=C)C)ccc43)c2F)cc1. The molecule has 0 spiro atoms. The van der Waals surface area contributed by atoms with E-state index in [0.717, 1.165) is 11.6 Å². The summed E-state index contributed by atoms with van der Waals surface area (Å²) in [5.74, 6) is -2.71. The smallest absolute Gasteiger partial charge is 0.421 e. The third-order valence-electron chi connectivity index (χ3n) is 6.00. The van der Waals surface area contributed by atoms with Crippen LogP contribution >= 0.6 is 11.3 Å². The predicted octanol–water partition coefficient (Wildman–Crippen LogP) is 8.41. The number of rotatable bonds is 8. The molecule has 4 aromatic rings. The van der Waals surface area contributed by atoms with Crippen molar-refractivity contribution >= 4 is 43.4 Å². The number of halogens is 4. The van der Waals surface area contributed by atoms with Crippen molar-refractivity contribution < 1.29 is 36.6 Å². The van der Waals surface area contributed by atoms with Gasteiger partial charge in [0.1, 0.15) is 17.1 Å². The van der Waals surface area contributed by atoms with Crippen LogP contribution in [0.1, 0.15) is 31.4 Å². The second-order valence-electron chi connectivity index (χ2n) is 9.11. The van der Waals surface area contributed by atoms with Crippen LogP contribution in [0.2, 0.25) is 0 Å². The Hall–Kier alpha value is -3.98. The maximum absolute atomic E-state index is 15.7. The minimum absolute atomic E-state index is 0.0486. The number of esters is 2. The number of thiophene rings is 1. The monoisotopic (exact) mass is 556 g/mol. The molecule has 0 fully saturated rings. The molecule has 1 aromatic heterocycles. The molecular weight excluding hydrogens is 532 g/mol. The molecule has 9 heteroatoms. The fourth-order valence-electron chi connectivity index (χ4n) is 4.03. The minimum Gasteiger partial charge on any atom is -0.462 e. The quantitative estimate of drug-likeness (QED) is 0.0719. The molecule has 0 atom stereocenters. The zero-order chi connectivity index (χ0) is 28.5. The van der Waals surface area contributed by atoms with E-state index in [2.05, 4.69) is 13.2 Å². The molecule has 0 aliphatic carbocycles. The van der Waals surface area contributed by atoms with Gasteiger partial charge in [-0.1, -0.05) is 49.6 Å². The second kappa shape index (κ2) is 11.0. The number of ether oxygens (including phenoxy) is 2. The molecule has 0 unspecified atom stereocenters. The van der Waals surface area contributed by atoms with E-state index in [1.807, 2.05) is 12.1 Å². The first-order chi connectivity index (χ1) is 18.4. The fraction of sp³-hybridized carbons (Fsp3) is 0.200. The summed E-state index contributed by atoms with van der Waals surface area (Å²) >= 11 is 0.665. The summed E-state index contributed by atoms with van der Waals surface area (Å²) in [6.45, 7) is 10.1. The van der Waals surface area contributed by atoms with Gasteiger partial charge in [-0.2, -0.15) is 13.2 Å². The lowest BCUT2D eigenvalue weighted by Gasteiger charge is -2.13. The third kappa shape index (κ3) is 5.88. The highest BCUT2D eigenvalue weighted by Crippen LogP contribution is 2.48. The van der Waals surface area contributed by atoms with Crippen LogP contribution in [0.5, 0.6) is 5.75 Å². The standard InChI is InChI=1S/C30H24F4O4S/c1-16(2)28(35)37-15-5-6-18-7-9-19(10-8-18)20-11-12-22-21-13-14-23(38-29(36)17(3)4)24(30(32,33)34)26(21)39-27(22)25(20)31/h7-14H,1,3,5-6,15H2,2,4H3. The van der Waals surface area contributed by atoms with Crippen LogP contribution in [0.25, 0.3) is 31.3 Å². The first-order valence-electron chi connectivity index (χ1n) is 11.9. The number of alkyl halides is 3. The van der Waals surface area contributed by atoms with Gasteiger partial charge in [-0.15, -0.1) is 11.3 Å². The lowest BCUT2D eigenvalue weighted by molar-refractivity contribution is -0.140. The Bertz CT molecular complexity index is 1610. The maximum atomic E-state index is 15.7. The predicted molar refractivity (Wildman–Crippen MR) is 144 cm³/mol. The topological polar surface area (TPSA) is 52.6 Å². The van der Waals surface area contributed by atoms with Crippen molar-refractivity contribution in [3.63, 3.8) is 0 Å². The van der Waals surface area contributed by atoms with Gasteiger partial charge in [0.15, 0.2) is 0 Å². The molecule has 202 valence electrons. The van der Waals surface area contributed by atoms with Crippen LogP contribution < -0.4 is 4.74 Å². The van der Waals surface area contributed by atoms with Gasteiger partial charge in [-0.05, 0) is 49.9 Å². The van der Waals surface area contributed by atoms with Crippen molar-refractivity contribution in [3.8, 4) is 16.9 Å². The average molecular weight is 557 g/mol. The second-order valence-corrected chi connectivity index (χ2v) is 10.1. The van der Waals surface area contributed by atoms with Crippen molar-refractivity contribution in [1.29, 1.82) is 0 Å². The highest BCUT2D eigenvalue weighted by molar-refractivity contribution is 7.26. The van der Waals surface area contributed by atoms with E-state index < -0.39 is 35.2 Å².